The Labute approximate surface area is 105 Å². The molecule has 1 heterocycles. The normalized spacial score (nSPS) is 28.2. The first-order valence-corrected chi connectivity index (χ1v) is 6.04. The summed E-state index contributed by atoms with van der Waals surface area (Å²) in [7, 11) is 1.64. The van der Waals surface area contributed by atoms with E-state index in [-0.39, 0.29) is 11.8 Å². The molecule has 0 bridgehead atoms. The molecule has 4 heteroatoms. The molecule has 0 unspecified atom stereocenters. The van der Waals surface area contributed by atoms with E-state index in [4.69, 9.17) is 4.74 Å². The SMILES string of the molecule is COc1ccc2c(c1)[C@H]1C=CC[C@H]1[C@@H](C(=O)O)N2. The molecule has 18 heavy (non-hydrogen) atoms. The zero-order chi connectivity index (χ0) is 12.7. The van der Waals surface area contributed by atoms with Crippen molar-refractivity contribution in [1.82, 2.24) is 0 Å². The lowest BCUT2D eigenvalue weighted by molar-refractivity contribution is -0.139. The second kappa shape index (κ2) is 4.05. The number of carboxylic acid groups (broad SMARTS) is 1. The van der Waals surface area contributed by atoms with E-state index >= 15 is 0 Å². The van der Waals surface area contributed by atoms with Crippen molar-refractivity contribution in [2.24, 2.45) is 5.92 Å². The van der Waals surface area contributed by atoms with Gasteiger partial charge in [-0.2, -0.15) is 0 Å². The average Bonchev–Trinajstić information content (AvgIpc) is 2.86. The van der Waals surface area contributed by atoms with Gasteiger partial charge in [0.15, 0.2) is 0 Å². The second-order valence-corrected chi connectivity index (χ2v) is 4.77. The first-order valence-electron chi connectivity index (χ1n) is 6.04. The molecule has 0 saturated carbocycles. The number of rotatable bonds is 2. The smallest absolute Gasteiger partial charge is 0.326 e. The first kappa shape index (κ1) is 11.1. The molecule has 0 amide bonds. The van der Waals surface area contributed by atoms with Gasteiger partial charge in [0.1, 0.15) is 11.8 Å². The van der Waals surface area contributed by atoms with Crippen molar-refractivity contribution < 1.29 is 14.6 Å². The van der Waals surface area contributed by atoms with Crippen LogP contribution in [0, 0.1) is 5.92 Å². The molecular weight excluding hydrogens is 230 g/mol. The number of hydrogen-bond acceptors (Lipinski definition) is 3. The van der Waals surface area contributed by atoms with Crippen molar-refractivity contribution in [1.29, 1.82) is 0 Å². The molecule has 1 aliphatic carbocycles. The van der Waals surface area contributed by atoms with Gasteiger partial charge in [-0.05, 0) is 30.2 Å². The number of ether oxygens (including phenoxy) is 1. The highest BCUT2D eigenvalue weighted by molar-refractivity contribution is 5.80. The van der Waals surface area contributed by atoms with Gasteiger partial charge in [-0.3, -0.25) is 0 Å². The Kier molecular flexibility index (Phi) is 2.51. The van der Waals surface area contributed by atoms with Crippen LogP contribution >= 0.6 is 0 Å². The molecule has 0 spiro atoms. The lowest BCUT2D eigenvalue weighted by Gasteiger charge is -2.34. The van der Waals surface area contributed by atoms with Crippen molar-refractivity contribution >= 4 is 11.7 Å². The molecule has 1 aromatic rings. The minimum absolute atomic E-state index is 0.0992. The number of allylic oxidation sites excluding steroid dienone is 2. The van der Waals surface area contributed by atoms with Gasteiger partial charge < -0.3 is 15.2 Å². The molecule has 2 aliphatic rings. The monoisotopic (exact) mass is 245 g/mol. The van der Waals surface area contributed by atoms with Crippen LogP contribution in [0.4, 0.5) is 5.69 Å². The van der Waals surface area contributed by atoms with Gasteiger partial charge in [-0.25, -0.2) is 4.79 Å². The van der Waals surface area contributed by atoms with E-state index in [0.717, 1.165) is 23.4 Å². The van der Waals surface area contributed by atoms with E-state index in [1.807, 2.05) is 18.2 Å². The van der Waals surface area contributed by atoms with Gasteiger partial charge in [-0.1, -0.05) is 12.2 Å². The molecular formula is C14H15NO3. The molecule has 1 aromatic carbocycles. The van der Waals surface area contributed by atoms with Crippen LogP contribution in [0.3, 0.4) is 0 Å². The molecule has 0 aromatic heterocycles. The van der Waals surface area contributed by atoms with Crippen molar-refractivity contribution in [3.63, 3.8) is 0 Å². The Morgan fingerprint density at radius 1 is 1.50 bits per heavy atom. The zero-order valence-corrected chi connectivity index (χ0v) is 10.1. The fourth-order valence-corrected chi connectivity index (χ4v) is 2.94. The van der Waals surface area contributed by atoms with Crippen LogP contribution in [0.2, 0.25) is 0 Å². The van der Waals surface area contributed by atoms with Crippen LogP contribution in [0.5, 0.6) is 5.75 Å². The van der Waals surface area contributed by atoms with E-state index in [0.29, 0.717) is 0 Å². The maximum Gasteiger partial charge on any atom is 0.326 e. The minimum atomic E-state index is -0.782. The highest BCUT2D eigenvalue weighted by Gasteiger charge is 2.40. The summed E-state index contributed by atoms with van der Waals surface area (Å²) in [5.41, 5.74) is 2.03. The third kappa shape index (κ3) is 1.56. The van der Waals surface area contributed by atoms with Gasteiger partial charge in [0.25, 0.3) is 0 Å². The third-order valence-electron chi connectivity index (χ3n) is 3.84. The van der Waals surface area contributed by atoms with Crippen molar-refractivity contribution in [3.8, 4) is 5.75 Å². The van der Waals surface area contributed by atoms with Crippen molar-refractivity contribution in [2.45, 2.75) is 18.4 Å². The molecule has 94 valence electrons. The van der Waals surface area contributed by atoms with Crippen molar-refractivity contribution in [3.05, 3.63) is 35.9 Å². The molecule has 3 rings (SSSR count). The molecule has 0 radical (unpaired) electrons. The predicted octanol–water partition coefficient (Wildman–Crippen LogP) is 2.23. The van der Waals surface area contributed by atoms with Crippen LogP contribution in [-0.2, 0) is 4.79 Å². The number of aliphatic carboxylic acids is 1. The molecule has 0 fully saturated rings. The zero-order valence-electron chi connectivity index (χ0n) is 10.1. The maximum absolute atomic E-state index is 11.3. The van der Waals surface area contributed by atoms with Crippen LogP contribution in [-0.4, -0.2) is 24.2 Å². The van der Waals surface area contributed by atoms with E-state index in [1.54, 1.807) is 7.11 Å². The molecule has 2 N–H and O–H groups in total. The van der Waals surface area contributed by atoms with Gasteiger partial charge in [0, 0.05) is 17.5 Å². The van der Waals surface area contributed by atoms with Crippen LogP contribution in [0.15, 0.2) is 30.4 Å². The second-order valence-electron chi connectivity index (χ2n) is 4.77. The lowest BCUT2D eigenvalue weighted by Crippen LogP contribution is -2.41. The topological polar surface area (TPSA) is 58.6 Å². The van der Waals surface area contributed by atoms with Crippen LogP contribution < -0.4 is 10.1 Å². The van der Waals surface area contributed by atoms with Gasteiger partial charge in [-0.15, -0.1) is 0 Å². The Morgan fingerprint density at radius 3 is 3.06 bits per heavy atom. The number of fused-ring (bicyclic) bond motifs is 3. The summed E-state index contributed by atoms with van der Waals surface area (Å²) in [5, 5.41) is 12.4. The highest BCUT2D eigenvalue weighted by Crippen LogP contribution is 2.45. The quantitative estimate of drug-likeness (QED) is 0.784. The minimum Gasteiger partial charge on any atom is -0.497 e. The number of carbonyl (C=O) groups is 1. The number of methoxy groups -OCH3 is 1. The molecule has 3 atom stereocenters. The van der Waals surface area contributed by atoms with Gasteiger partial charge in [0.2, 0.25) is 0 Å². The highest BCUT2D eigenvalue weighted by atomic mass is 16.5. The van der Waals surface area contributed by atoms with Gasteiger partial charge >= 0.3 is 5.97 Å². The predicted molar refractivity (Wildman–Crippen MR) is 68.0 cm³/mol. The molecule has 4 nitrogen and oxygen atoms in total. The van der Waals surface area contributed by atoms with E-state index in [2.05, 4.69) is 17.5 Å². The summed E-state index contributed by atoms with van der Waals surface area (Å²) < 4.78 is 5.23. The number of nitrogens with one attached hydrogen (secondary N) is 1. The summed E-state index contributed by atoms with van der Waals surface area (Å²) in [6, 6.07) is 5.23. The van der Waals surface area contributed by atoms with E-state index < -0.39 is 12.0 Å². The van der Waals surface area contributed by atoms with Gasteiger partial charge in [0.05, 0.1) is 7.11 Å². The fraction of sp³-hybridized carbons (Fsp3) is 0.357. The van der Waals surface area contributed by atoms with Crippen LogP contribution in [0.25, 0.3) is 0 Å². The number of hydrogen-bond donors (Lipinski definition) is 2. The summed E-state index contributed by atoms with van der Waals surface area (Å²) in [6.45, 7) is 0. The third-order valence-corrected chi connectivity index (χ3v) is 3.84. The van der Waals surface area contributed by atoms with Crippen LogP contribution in [0.1, 0.15) is 17.9 Å². The first-order chi connectivity index (χ1) is 8.70. The van der Waals surface area contributed by atoms with E-state index in [1.165, 1.54) is 0 Å². The number of carboxylic acids is 1. The Balaban J connectivity index is 2.06. The standard InChI is InChI=1S/C14H15NO3/c1-18-8-5-6-12-11(7-8)9-3-2-4-10(9)13(15-12)14(16)17/h2-3,5-7,9-10,13,15H,4H2,1H3,(H,16,17)/t9-,10+,13-/m0/s1. The Hall–Kier alpha value is -1.97. The largest absolute Gasteiger partial charge is 0.497 e. The summed E-state index contributed by atoms with van der Waals surface area (Å²) in [5.74, 6) is 0.304. The fourth-order valence-electron chi connectivity index (χ4n) is 2.94. The average molecular weight is 245 g/mol. The summed E-state index contributed by atoms with van der Waals surface area (Å²) >= 11 is 0. The van der Waals surface area contributed by atoms with E-state index in [9.17, 15) is 9.90 Å². The molecule has 1 aliphatic heterocycles. The number of anilines is 1. The Bertz CT molecular complexity index is 524. The lowest BCUT2D eigenvalue weighted by atomic mass is 9.79. The summed E-state index contributed by atoms with van der Waals surface area (Å²) in [4.78, 5) is 11.3. The Morgan fingerprint density at radius 2 is 2.33 bits per heavy atom. The van der Waals surface area contributed by atoms with Crippen molar-refractivity contribution in [2.75, 3.05) is 12.4 Å². The maximum atomic E-state index is 11.3. The molecule has 0 saturated heterocycles. The number of benzene rings is 1. The summed E-state index contributed by atoms with van der Waals surface area (Å²) in [6.07, 6.45) is 4.99.